The molecule has 0 saturated carbocycles. The maximum absolute atomic E-state index is 12.8. The molecule has 0 aliphatic carbocycles. The highest BCUT2D eigenvalue weighted by molar-refractivity contribution is 7.99. The van der Waals surface area contributed by atoms with Gasteiger partial charge in [0, 0.05) is 29.5 Å². The van der Waals surface area contributed by atoms with Gasteiger partial charge in [-0.05, 0) is 37.1 Å². The van der Waals surface area contributed by atoms with Crippen molar-refractivity contribution in [3.8, 4) is 0 Å². The van der Waals surface area contributed by atoms with Crippen LogP contribution in [0.3, 0.4) is 0 Å². The molecule has 0 aromatic heterocycles. The van der Waals surface area contributed by atoms with Gasteiger partial charge in [0.1, 0.15) is 5.82 Å². The number of carbonyl (C=O) groups is 2. The quantitative estimate of drug-likeness (QED) is 0.543. The lowest BCUT2D eigenvalue weighted by Crippen LogP contribution is -2.31. The number of hydrogen-bond donors (Lipinski definition) is 2. The highest BCUT2D eigenvalue weighted by Crippen LogP contribution is 2.20. The Morgan fingerprint density at radius 3 is 2.57 bits per heavy atom. The number of halogens is 1. The van der Waals surface area contributed by atoms with Crippen molar-refractivity contribution in [1.82, 2.24) is 5.32 Å². The van der Waals surface area contributed by atoms with Crippen LogP contribution >= 0.6 is 11.8 Å². The lowest BCUT2D eigenvalue weighted by molar-refractivity contribution is -0.137. The predicted octanol–water partition coefficient (Wildman–Crippen LogP) is 2.93. The summed E-state index contributed by atoms with van der Waals surface area (Å²) in [5, 5.41) is 11.3. The Hall–Kier alpha value is -1.56. The maximum atomic E-state index is 12.8. The van der Waals surface area contributed by atoms with Gasteiger partial charge in [-0.15, -0.1) is 11.8 Å². The van der Waals surface area contributed by atoms with E-state index in [1.54, 1.807) is 12.1 Å². The van der Waals surface area contributed by atoms with Gasteiger partial charge in [-0.25, -0.2) is 4.39 Å². The average Bonchev–Trinajstić information content (AvgIpc) is 2.45. The van der Waals surface area contributed by atoms with E-state index in [0.717, 1.165) is 4.90 Å². The van der Waals surface area contributed by atoms with Crippen molar-refractivity contribution in [3.63, 3.8) is 0 Å². The number of carbonyl (C=O) groups excluding carboxylic acids is 1. The maximum Gasteiger partial charge on any atom is 0.303 e. The summed E-state index contributed by atoms with van der Waals surface area (Å²) in [6, 6.07) is 6.18. The monoisotopic (exact) mass is 313 g/mol. The van der Waals surface area contributed by atoms with Crippen LogP contribution in [-0.4, -0.2) is 29.3 Å². The highest BCUT2D eigenvalue weighted by atomic mass is 32.2. The second kappa shape index (κ2) is 9.39. The van der Waals surface area contributed by atoms with Gasteiger partial charge in [0.15, 0.2) is 0 Å². The average molecular weight is 313 g/mol. The van der Waals surface area contributed by atoms with E-state index in [0.29, 0.717) is 25.1 Å². The van der Waals surface area contributed by atoms with Crippen LogP contribution in [0.2, 0.25) is 0 Å². The fraction of sp³-hybridized carbons (Fsp3) is 0.467. The molecule has 1 amide bonds. The van der Waals surface area contributed by atoms with Gasteiger partial charge < -0.3 is 10.4 Å². The Morgan fingerprint density at radius 2 is 1.95 bits per heavy atom. The first-order valence-corrected chi connectivity index (χ1v) is 7.85. The van der Waals surface area contributed by atoms with Crippen molar-refractivity contribution in [2.45, 2.75) is 31.1 Å². The molecule has 1 rings (SSSR count). The molecule has 0 aliphatic rings. The molecule has 21 heavy (non-hydrogen) atoms. The number of carboxylic acids is 1. The lowest BCUT2D eigenvalue weighted by atomic mass is 10.2. The van der Waals surface area contributed by atoms with Crippen LogP contribution in [0.1, 0.15) is 26.2 Å². The van der Waals surface area contributed by atoms with E-state index in [4.69, 9.17) is 5.11 Å². The molecular formula is C15H20FNO3S. The minimum atomic E-state index is -0.814. The van der Waals surface area contributed by atoms with Crippen LogP contribution in [-0.2, 0) is 9.59 Å². The first-order chi connectivity index (χ1) is 9.99. The second-order valence-electron chi connectivity index (χ2n) is 4.81. The predicted molar refractivity (Wildman–Crippen MR) is 80.8 cm³/mol. The number of unbranched alkanes of at least 4 members (excludes halogenated alkanes) is 1. The minimum absolute atomic E-state index is 0.0417. The van der Waals surface area contributed by atoms with E-state index in [-0.39, 0.29) is 24.1 Å². The highest BCUT2D eigenvalue weighted by Gasteiger charge is 2.12. The summed E-state index contributed by atoms with van der Waals surface area (Å²) >= 11 is 1.51. The van der Waals surface area contributed by atoms with Crippen LogP contribution in [0.5, 0.6) is 0 Å². The van der Waals surface area contributed by atoms with Gasteiger partial charge in [0.2, 0.25) is 5.91 Å². The molecule has 0 radical (unpaired) electrons. The van der Waals surface area contributed by atoms with Crippen LogP contribution in [0.25, 0.3) is 0 Å². The molecule has 0 aliphatic heterocycles. The summed E-state index contributed by atoms with van der Waals surface area (Å²) in [6.45, 7) is 2.33. The van der Waals surface area contributed by atoms with E-state index in [1.807, 2.05) is 6.92 Å². The Morgan fingerprint density at radius 1 is 1.29 bits per heavy atom. The fourth-order valence-electron chi connectivity index (χ4n) is 1.61. The molecule has 0 bridgehead atoms. The standard InChI is InChI=1S/C15H20FNO3S/c1-11(10-21-13-7-5-12(16)6-8-13)15(20)17-9-3-2-4-14(18)19/h5-8,11H,2-4,9-10H2,1H3,(H,17,20)(H,18,19). The van der Waals surface area contributed by atoms with Gasteiger partial charge in [-0.2, -0.15) is 0 Å². The third-order valence-electron chi connectivity index (χ3n) is 2.88. The minimum Gasteiger partial charge on any atom is -0.481 e. The number of rotatable bonds is 9. The van der Waals surface area contributed by atoms with Gasteiger partial charge in [0.25, 0.3) is 0 Å². The molecular weight excluding hydrogens is 293 g/mol. The summed E-state index contributed by atoms with van der Waals surface area (Å²) in [6.07, 6.45) is 1.36. The Kier molecular flexibility index (Phi) is 7.82. The van der Waals surface area contributed by atoms with Crippen molar-refractivity contribution < 1.29 is 19.1 Å². The number of thioether (sulfide) groups is 1. The zero-order valence-corrected chi connectivity index (χ0v) is 12.8. The van der Waals surface area contributed by atoms with E-state index in [2.05, 4.69) is 5.32 Å². The van der Waals surface area contributed by atoms with Gasteiger partial charge >= 0.3 is 5.97 Å². The summed E-state index contributed by atoms with van der Waals surface area (Å²) in [5.41, 5.74) is 0. The van der Waals surface area contributed by atoms with Crippen LogP contribution in [0.15, 0.2) is 29.2 Å². The van der Waals surface area contributed by atoms with E-state index < -0.39 is 5.97 Å². The van der Waals surface area contributed by atoms with Gasteiger partial charge in [-0.1, -0.05) is 6.92 Å². The second-order valence-corrected chi connectivity index (χ2v) is 5.90. The number of benzene rings is 1. The van der Waals surface area contributed by atoms with E-state index >= 15 is 0 Å². The van der Waals surface area contributed by atoms with E-state index in [1.165, 1.54) is 23.9 Å². The van der Waals surface area contributed by atoms with Crippen molar-refractivity contribution in [2.75, 3.05) is 12.3 Å². The molecule has 0 saturated heterocycles. The number of hydrogen-bond acceptors (Lipinski definition) is 3. The molecule has 2 N–H and O–H groups in total. The Balaban J connectivity index is 2.18. The molecule has 4 nitrogen and oxygen atoms in total. The van der Waals surface area contributed by atoms with E-state index in [9.17, 15) is 14.0 Å². The summed E-state index contributed by atoms with van der Waals surface area (Å²) in [5.74, 6) is -0.663. The fourth-order valence-corrected chi connectivity index (χ4v) is 2.54. The molecule has 0 heterocycles. The number of nitrogens with one attached hydrogen (secondary N) is 1. The molecule has 116 valence electrons. The molecule has 1 atom stereocenters. The first-order valence-electron chi connectivity index (χ1n) is 6.87. The summed E-state index contributed by atoms with van der Waals surface area (Å²) < 4.78 is 12.8. The van der Waals surface area contributed by atoms with Crippen LogP contribution in [0, 0.1) is 11.7 Å². The molecule has 0 fully saturated rings. The van der Waals surface area contributed by atoms with Gasteiger partial charge in [0.05, 0.1) is 0 Å². The van der Waals surface area contributed by atoms with Crippen molar-refractivity contribution >= 4 is 23.6 Å². The van der Waals surface area contributed by atoms with Crippen molar-refractivity contribution in [2.24, 2.45) is 5.92 Å². The van der Waals surface area contributed by atoms with Crippen molar-refractivity contribution in [3.05, 3.63) is 30.1 Å². The first kappa shape index (κ1) is 17.5. The molecule has 1 aromatic carbocycles. The Labute approximate surface area is 128 Å². The summed E-state index contributed by atoms with van der Waals surface area (Å²) in [4.78, 5) is 23.1. The molecule has 1 unspecified atom stereocenters. The third kappa shape index (κ3) is 7.70. The normalized spacial score (nSPS) is 11.9. The lowest BCUT2D eigenvalue weighted by Gasteiger charge is -2.11. The van der Waals surface area contributed by atoms with Gasteiger partial charge in [-0.3, -0.25) is 9.59 Å². The largest absolute Gasteiger partial charge is 0.481 e. The van der Waals surface area contributed by atoms with Crippen LogP contribution < -0.4 is 5.32 Å². The smallest absolute Gasteiger partial charge is 0.303 e. The molecule has 0 spiro atoms. The van der Waals surface area contributed by atoms with Crippen molar-refractivity contribution in [1.29, 1.82) is 0 Å². The number of aliphatic carboxylic acids is 1. The zero-order chi connectivity index (χ0) is 15.7. The topological polar surface area (TPSA) is 66.4 Å². The van der Waals surface area contributed by atoms with Crippen LogP contribution in [0.4, 0.5) is 4.39 Å². The zero-order valence-electron chi connectivity index (χ0n) is 12.0. The molecule has 1 aromatic rings. The summed E-state index contributed by atoms with van der Waals surface area (Å²) in [7, 11) is 0. The third-order valence-corrected chi connectivity index (χ3v) is 4.15. The number of amides is 1. The SMILES string of the molecule is CC(CSc1ccc(F)cc1)C(=O)NCCCCC(=O)O. The number of carboxylic acid groups (broad SMARTS) is 1. The molecule has 6 heteroatoms. The Bertz CT molecular complexity index is 464.